The van der Waals surface area contributed by atoms with E-state index in [1.54, 1.807) is 12.1 Å². The van der Waals surface area contributed by atoms with Gasteiger partial charge in [-0.15, -0.1) is 0 Å². The van der Waals surface area contributed by atoms with Crippen molar-refractivity contribution in [2.24, 2.45) is 0 Å². The molecule has 0 atom stereocenters. The fraction of sp³-hybridized carbons (Fsp3) is 0.250. The average molecular weight is 233 g/mol. The first-order valence-corrected chi connectivity index (χ1v) is 5.29. The summed E-state index contributed by atoms with van der Waals surface area (Å²) in [5.74, 6) is 0.0869. The lowest BCUT2D eigenvalue weighted by atomic mass is 10.2. The highest BCUT2D eigenvalue weighted by Crippen LogP contribution is 2.17. The maximum atomic E-state index is 11.3. The van der Waals surface area contributed by atoms with Crippen molar-refractivity contribution in [2.75, 3.05) is 0 Å². The third-order valence-electron chi connectivity index (χ3n) is 2.23. The van der Waals surface area contributed by atoms with Crippen LogP contribution in [0.4, 0.5) is 0 Å². The molecule has 88 valence electrons. The Morgan fingerprint density at radius 1 is 1.47 bits per heavy atom. The van der Waals surface area contributed by atoms with E-state index in [-0.39, 0.29) is 5.97 Å². The maximum Gasteiger partial charge on any atom is 0.346 e. The molecule has 0 fully saturated rings. The molecular weight excluding hydrogens is 222 g/mol. The van der Waals surface area contributed by atoms with Crippen molar-refractivity contribution in [2.45, 2.75) is 19.8 Å². The summed E-state index contributed by atoms with van der Waals surface area (Å²) in [7, 11) is 0. The van der Waals surface area contributed by atoms with Crippen LogP contribution in [0.2, 0.25) is 0 Å². The molecule has 0 saturated heterocycles. The lowest BCUT2D eigenvalue weighted by Gasteiger charge is -2.03. The Labute approximate surface area is 97.0 Å². The lowest BCUT2D eigenvalue weighted by molar-refractivity contribution is -0.134. The predicted octanol–water partition coefficient (Wildman–Crippen LogP) is 1.89. The number of hydrogen-bond donors (Lipinski definition) is 0. The van der Waals surface area contributed by atoms with Crippen LogP contribution in [0.5, 0.6) is 5.75 Å². The van der Waals surface area contributed by atoms with Crippen molar-refractivity contribution < 1.29 is 13.9 Å². The van der Waals surface area contributed by atoms with Gasteiger partial charge in [0.25, 0.3) is 0 Å². The third kappa shape index (κ3) is 2.50. The van der Waals surface area contributed by atoms with Crippen molar-refractivity contribution in [1.29, 1.82) is 0 Å². The van der Waals surface area contributed by atoms with E-state index in [9.17, 15) is 9.59 Å². The Morgan fingerprint density at radius 3 is 3.06 bits per heavy atom. The summed E-state index contributed by atoms with van der Waals surface area (Å²) in [6.45, 7) is 1.90. The van der Waals surface area contributed by atoms with Crippen LogP contribution in [-0.2, 0) is 4.79 Å². The lowest BCUT2D eigenvalue weighted by Crippen LogP contribution is -2.07. The smallest absolute Gasteiger partial charge is 0.346 e. The molecule has 0 spiro atoms. The van der Waals surface area contributed by atoms with E-state index < -0.39 is 5.63 Å². The highest BCUT2D eigenvalue weighted by Gasteiger charge is 2.06. The Bertz CT molecular complexity index is 603. The first-order chi connectivity index (χ1) is 8.20. The van der Waals surface area contributed by atoms with E-state index in [1.807, 2.05) is 6.92 Å². The highest BCUT2D eigenvalue weighted by molar-refractivity contribution is 5.80. The number of esters is 1. The monoisotopic (exact) mass is 233 g/mol. The zero-order valence-corrected chi connectivity index (χ0v) is 9.30. The molecule has 0 aliphatic rings. The molecule has 0 radical (unpaired) electrons. The van der Waals surface area contributed by atoms with Gasteiger partial charge in [-0.2, -0.15) is 0 Å². The van der Waals surface area contributed by atoms with Crippen LogP contribution < -0.4 is 10.4 Å². The van der Waals surface area contributed by atoms with Gasteiger partial charge in [0.1, 0.15) is 5.75 Å². The predicted molar refractivity (Wildman–Crippen MR) is 60.8 cm³/mol. The van der Waals surface area contributed by atoms with Crippen molar-refractivity contribution in [3.8, 4) is 5.75 Å². The number of carbonyl (C=O) groups excluding carboxylic acids is 1. The fourth-order valence-corrected chi connectivity index (χ4v) is 1.44. The molecule has 0 unspecified atom stereocenters. The normalized spacial score (nSPS) is 10.4. The number of aromatic nitrogens is 1. The molecule has 2 aromatic rings. The minimum atomic E-state index is -0.457. The molecule has 0 amide bonds. The second-order valence-corrected chi connectivity index (χ2v) is 3.54. The van der Waals surface area contributed by atoms with Crippen LogP contribution in [0.25, 0.3) is 10.9 Å². The largest absolute Gasteiger partial charge is 0.426 e. The minimum absolute atomic E-state index is 0.296. The van der Waals surface area contributed by atoms with Crippen LogP contribution in [-0.4, -0.2) is 11.0 Å². The SMILES string of the molecule is CCCC(=O)Oc1ccc2c(=O)ocnc2c1. The second kappa shape index (κ2) is 4.78. The van der Waals surface area contributed by atoms with Crippen molar-refractivity contribution in [1.82, 2.24) is 4.98 Å². The number of fused-ring (bicyclic) bond motifs is 1. The fourth-order valence-electron chi connectivity index (χ4n) is 1.44. The van der Waals surface area contributed by atoms with Crippen molar-refractivity contribution in [3.05, 3.63) is 35.0 Å². The molecule has 2 rings (SSSR count). The van der Waals surface area contributed by atoms with Gasteiger partial charge in [0, 0.05) is 12.5 Å². The third-order valence-corrected chi connectivity index (χ3v) is 2.23. The van der Waals surface area contributed by atoms with E-state index in [0.29, 0.717) is 23.1 Å². The van der Waals surface area contributed by atoms with E-state index in [4.69, 9.17) is 4.74 Å². The van der Waals surface area contributed by atoms with Crippen LogP contribution in [0.3, 0.4) is 0 Å². The molecule has 1 aromatic heterocycles. The zero-order chi connectivity index (χ0) is 12.3. The molecule has 5 heteroatoms. The summed E-state index contributed by atoms with van der Waals surface area (Å²) >= 11 is 0. The Hall–Kier alpha value is -2.17. The maximum absolute atomic E-state index is 11.3. The molecule has 0 bridgehead atoms. The molecule has 17 heavy (non-hydrogen) atoms. The summed E-state index contributed by atoms with van der Waals surface area (Å²) in [6, 6.07) is 4.62. The molecule has 0 aliphatic heterocycles. The first kappa shape index (κ1) is 11.3. The van der Waals surface area contributed by atoms with E-state index >= 15 is 0 Å². The van der Waals surface area contributed by atoms with E-state index in [1.165, 1.54) is 6.07 Å². The molecule has 0 saturated carbocycles. The van der Waals surface area contributed by atoms with Gasteiger partial charge >= 0.3 is 11.6 Å². The van der Waals surface area contributed by atoms with Gasteiger partial charge in [-0.1, -0.05) is 6.92 Å². The van der Waals surface area contributed by atoms with Crippen LogP contribution in [0.15, 0.2) is 33.8 Å². The molecule has 5 nitrogen and oxygen atoms in total. The molecular formula is C12H11NO4. The van der Waals surface area contributed by atoms with Crippen molar-refractivity contribution >= 4 is 16.9 Å². The van der Waals surface area contributed by atoms with Gasteiger partial charge in [0.05, 0.1) is 10.9 Å². The van der Waals surface area contributed by atoms with Crippen molar-refractivity contribution in [3.63, 3.8) is 0 Å². The van der Waals surface area contributed by atoms with Gasteiger partial charge < -0.3 is 9.15 Å². The van der Waals surface area contributed by atoms with E-state index in [0.717, 1.165) is 12.8 Å². The van der Waals surface area contributed by atoms with Crippen LogP contribution in [0, 0.1) is 0 Å². The van der Waals surface area contributed by atoms with Crippen LogP contribution in [0.1, 0.15) is 19.8 Å². The summed E-state index contributed by atoms with van der Waals surface area (Å²) in [6.07, 6.45) is 2.17. The zero-order valence-electron chi connectivity index (χ0n) is 9.30. The number of carbonyl (C=O) groups is 1. The van der Waals surface area contributed by atoms with Crippen LogP contribution >= 0.6 is 0 Å². The molecule has 0 N–H and O–H groups in total. The van der Waals surface area contributed by atoms with Gasteiger partial charge in [-0.25, -0.2) is 9.78 Å². The Balaban J connectivity index is 2.32. The van der Waals surface area contributed by atoms with E-state index in [2.05, 4.69) is 9.40 Å². The van der Waals surface area contributed by atoms with Gasteiger partial charge in [0.15, 0.2) is 6.39 Å². The number of rotatable bonds is 3. The quantitative estimate of drug-likeness (QED) is 0.598. The second-order valence-electron chi connectivity index (χ2n) is 3.54. The number of nitrogens with zero attached hydrogens (tertiary/aromatic N) is 1. The highest BCUT2D eigenvalue weighted by atomic mass is 16.5. The number of ether oxygens (including phenoxy) is 1. The molecule has 1 aromatic carbocycles. The Kier molecular flexibility index (Phi) is 3.18. The van der Waals surface area contributed by atoms with Gasteiger partial charge in [-0.05, 0) is 18.6 Å². The molecule has 0 aliphatic carbocycles. The summed E-state index contributed by atoms with van der Waals surface area (Å²) in [5.41, 5.74) is -0.00974. The molecule has 1 heterocycles. The number of benzene rings is 1. The van der Waals surface area contributed by atoms with Gasteiger partial charge in [-0.3, -0.25) is 4.79 Å². The summed E-state index contributed by atoms with van der Waals surface area (Å²) in [5, 5.41) is 0.364. The standard InChI is InChI=1S/C12H11NO4/c1-2-3-11(14)17-8-4-5-9-10(6-8)13-7-16-12(9)15/h4-7H,2-3H2,1H3. The first-order valence-electron chi connectivity index (χ1n) is 5.29. The number of hydrogen-bond acceptors (Lipinski definition) is 5. The van der Waals surface area contributed by atoms with Gasteiger partial charge in [0.2, 0.25) is 0 Å². The summed E-state index contributed by atoms with van der Waals surface area (Å²) < 4.78 is 9.72. The summed E-state index contributed by atoms with van der Waals surface area (Å²) in [4.78, 5) is 26.5. The minimum Gasteiger partial charge on any atom is -0.426 e. The Morgan fingerprint density at radius 2 is 2.29 bits per heavy atom. The average Bonchev–Trinajstić information content (AvgIpc) is 2.29. The topological polar surface area (TPSA) is 69.4 Å².